The van der Waals surface area contributed by atoms with Crippen LogP contribution in [0, 0.1) is 5.41 Å². The van der Waals surface area contributed by atoms with Crippen molar-refractivity contribution < 1.29 is 44.8 Å². The molecular formula is C18H21F3O7S. The predicted molar refractivity (Wildman–Crippen MR) is 91.6 cm³/mol. The zero-order valence-corrected chi connectivity index (χ0v) is 16.3. The highest BCUT2D eigenvalue weighted by molar-refractivity contribution is 7.87. The van der Waals surface area contributed by atoms with Crippen LogP contribution in [-0.2, 0) is 39.8 Å². The monoisotopic (exact) mass is 438 g/mol. The Morgan fingerprint density at radius 3 is 2.00 bits per heavy atom. The van der Waals surface area contributed by atoms with Crippen molar-refractivity contribution in [1.82, 2.24) is 0 Å². The molecule has 1 aromatic carbocycles. The van der Waals surface area contributed by atoms with Gasteiger partial charge in [-0.05, 0) is 30.2 Å². The molecule has 1 aliphatic heterocycles. The van der Waals surface area contributed by atoms with Gasteiger partial charge in [0.25, 0.3) is 0 Å². The first kappa shape index (κ1) is 23.5. The largest absolute Gasteiger partial charge is 0.523 e. The Kier molecular flexibility index (Phi) is 7.58. The van der Waals surface area contributed by atoms with Crippen LogP contribution < -0.4 is 0 Å². The highest BCUT2D eigenvalue weighted by Crippen LogP contribution is 2.47. The van der Waals surface area contributed by atoms with E-state index in [0.717, 1.165) is 5.56 Å². The predicted octanol–water partition coefficient (Wildman–Crippen LogP) is 2.82. The van der Waals surface area contributed by atoms with Gasteiger partial charge in [-0.2, -0.15) is 31.2 Å². The van der Waals surface area contributed by atoms with Gasteiger partial charge in [0, 0.05) is 12.8 Å². The van der Waals surface area contributed by atoms with Gasteiger partial charge in [0.15, 0.2) is 5.79 Å². The third-order valence-corrected chi connectivity index (χ3v) is 6.11. The second kappa shape index (κ2) is 9.36. The summed E-state index contributed by atoms with van der Waals surface area (Å²) < 4.78 is 76.3. The molecule has 7 nitrogen and oxygen atoms in total. The van der Waals surface area contributed by atoms with Crippen molar-refractivity contribution in [2.24, 2.45) is 5.41 Å². The van der Waals surface area contributed by atoms with E-state index in [-0.39, 0.29) is 6.15 Å². The Labute approximate surface area is 166 Å². The summed E-state index contributed by atoms with van der Waals surface area (Å²) in [4.78, 5) is 16.2. The average Bonchev–Trinajstić information content (AvgIpc) is 3.12. The lowest BCUT2D eigenvalue weighted by Gasteiger charge is -2.43. The second-order valence-corrected chi connectivity index (χ2v) is 8.62. The number of benzene rings is 1. The van der Waals surface area contributed by atoms with Gasteiger partial charge < -0.3 is 9.47 Å². The SMILES string of the molecule is O=C=O.O=S(=O)(OCC1(Cc2ccccc2)CCC2(CC1)OCCO2)C(F)(F)F. The first-order valence-corrected chi connectivity index (χ1v) is 10.2. The van der Waals surface area contributed by atoms with Gasteiger partial charge in [-0.15, -0.1) is 0 Å². The molecule has 0 atom stereocenters. The van der Waals surface area contributed by atoms with Crippen LogP contribution >= 0.6 is 0 Å². The van der Waals surface area contributed by atoms with Gasteiger partial charge in [-0.1, -0.05) is 30.3 Å². The fraction of sp³-hybridized carbons (Fsp3) is 0.611. The lowest BCUT2D eigenvalue weighted by atomic mass is 9.69. The summed E-state index contributed by atoms with van der Waals surface area (Å²) >= 11 is 0. The fourth-order valence-corrected chi connectivity index (χ4v) is 4.16. The van der Waals surface area contributed by atoms with E-state index in [4.69, 9.17) is 19.1 Å². The summed E-state index contributed by atoms with van der Waals surface area (Å²) in [6, 6.07) is 9.25. The van der Waals surface area contributed by atoms with E-state index in [2.05, 4.69) is 4.18 Å². The smallest absolute Gasteiger partial charge is 0.348 e. The normalized spacial score (nSPS) is 20.5. The molecule has 1 saturated heterocycles. The fourth-order valence-electron chi connectivity index (χ4n) is 3.62. The van der Waals surface area contributed by atoms with Crippen LogP contribution in [0.3, 0.4) is 0 Å². The van der Waals surface area contributed by atoms with Crippen molar-refractivity contribution in [3.05, 3.63) is 35.9 Å². The molecule has 2 aliphatic rings. The molecular weight excluding hydrogens is 417 g/mol. The van der Waals surface area contributed by atoms with Crippen molar-refractivity contribution in [3.63, 3.8) is 0 Å². The number of hydrogen-bond donors (Lipinski definition) is 0. The zero-order chi connectivity index (χ0) is 21.6. The van der Waals surface area contributed by atoms with Gasteiger partial charge in [-0.25, -0.2) is 0 Å². The zero-order valence-electron chi connectivity index (χ0n) is 15.4. The lowest BCUT2D eigenvalue weighted by Crippen LogP contribution is -2.44. The Morgan fingerprint density at radius 1 is 1.00 bits per heavy atom. The molecule has 0 N–H and O–H groups in total. The van der Waals surface area contributed by atoms with Crippen molar-refractivity contribution in [2.45, 2.75) is 43.4 Å². The second-order valence-electron chi connectivity index (χ2n) is 7.02. The van der Waals surface area contributed by atoms with Gasteiger partial charge in [0.2, 0.25) is 0 Å². The van der Waals surface area contributed by atoms with E-state index < -0.39 is 33.4 Å². The number of ether oxygens (including phenoxy) is 2. The van der Waals surface area contributed by atoms with Crippen LogP contribution in [0.2, 0.25) is 0 Å². The molecule has 3 rings (SSSR count). The number of alkyl halides is 3. The molecule has 162 valence electrons. The molecule has 0 bridgehead atoms. The van der Waals surface area contributed by atoms with Crippen molar-refractivity contribution in [1.29, 1.82) is 0 Å². The van der Waals surface area contributed by atoms with Crippen LogP contribution in [0.15, 0.2) is 30.3 Å². The van der Waals surface area contributed by atoms with Crippen molar-refractivity contribution in [2.75, 3.05) is 19.8 Å². The highest BCUT2D eigenvalue weighted by Gasteiger charge is 2.51. The Bertz CT molecular complexity index is 786. The summed E-state index contributed by atoms with van der Waals surface area (Å²) in [5, 5.41) is 0. The number of halogens is 3. The Morgan fingerprint density at radius 2 is 1.52 bits per heavy atom. The summed E-state index contributed by atoms with van der Waals surface area (Å²) in [6.07, 6.45) is 2.58. The molecule has 1 spiro atoms. The van der Waals surface area contributed by atoms with Gasteiger partial charge in [0.05, 0.1) is 19.8 Å². The molecule has 1 aliphatic carbocycles. The molecule has 0 amide bonds. The number of carbonyl (C=O) groups excluding carboxylic acids is 2. The summed E-state index contributed by atoms with van der Waals surface area (Å²) in [6.45, 7) is 0.467. The summed E-state index contributed by atoms with van der Waals surface area (Å²) in [7, 11) is -5.62. The molecule has 1 heterocycles. The van der Waals surface area contributed by atoms with Gasteiger partial charge in [0.1, 0.15) is 0 Å². The van der Waals surface area contributed by atoms with Crippen LogP contribution in [0.1, 0.15) is 31.2 Å². The molecule has 2 fully saturated rings. The minimum Gasteiger partial charge on any atom is -0.348 e. The Balaban J connectivity index is 0.000000941. The molecule has 0 radical (unpaired) electrons. The van der Waals surface area contributed by atoms with Crippen LogP contribution in [0.25, 0.3) is 0 Å². The molecule has 29 heavy (non-hydrogen) atoms. The molecule has 1 saturated carbocycles. The third kappa shape index (κ3) is 6.10. The standard InChI is InChI=1S/C17H21F3O5S.CO2/c18-17(19,20)26(21,22)25-13-15(12-14-4-2-1-3-5-14)6-8-16(9-7-15)23-10-11-24-16;2-1-3/h1-5H,6-13H2;. The topological polar surface area (TPSA) is 96.0 Å². The summed E-state index contributed by atoms with van der Waals surface area (Å²) in [5.41, 5.74) is -5.22. The quantitative estimate of drug-likeness (QED) is 0.515. The molecule has 0 unspecified atom stereocenters. The van der Waals surface area contributed by atoms with E-state index in [1.807, 2.05) is 30.3 Å². The van der Waals surface area contributed by atoms with Crippen LogP contribution in [0.4, 0.5) is 13.2 Å². The van der Waals surface area contributed by atoms with E-state index in [0.29, 0.717) is 45.3 Å². The lowest BCUT2D eigenvalue weighted by molar-refractivity contribution is -0.194. The Hall–Kier alpha value is -1.78. The highest BCUT2D eigenvalue weighted by atomic mass is 32.2. The van der Waals surface area contributed by atoms with E-state index in [9.17, 15) is 21.6 Å². The summed E-state index contributed by atoms with van der Waals surface area (Å²) in [5.74, 6) is -0.691. The first-order valence-electron chi connectivity index (χ1n) is 8.84. The molecule has 11 heteroatoms. The van der Waals surface area contributed by atoms with Crippen molar-refractivity contribution in [3.8, 4) is 0 Å². The maximum atomic E-state index is 12.6. The molecule has 1 aromatic rings. The molecule has 0 aromatic heterocycles. The van der Waals surface area contributed by atoms with Gasteiger partial charge in [-0.3, -0.25) is 4.18 Å². The number of hydrogen-bond acceptors (Lipinski definition) is 7. The van der Waals surface area contributed by atoms with E-state index >= 15 is 0 Å². The maximum absolute atomic E-state index is 12.6. The van der Waals surface area contributed by atoms with Gasteiger partial charge >= 0.3 is 21.8 Å². The van der Waals surface area contributed by atoms with Crippen molar-refractivity contribution >= 4 is 16.3 Å². The van der Waals surface area contributed by atoms with Crippen LogP contribution in [0.5, 0.6) is 0 Å². The number of rotatable bonds is 5. The van der Waals surface area contributed by atoms with Crippen LogP contribution in [-0.4, -0.2) is 45.7 Å². The van der Waals surface area contributed by atoms with E-state index in [1.165, 1.54) is 0 Å². The minimum atomic E-state index is -5.62. The average molecular weight is 438 g/mol. The third-order valence-electron chi connectivity index (χ3n) is 5.11. The maximum Gasteiger partial charge on any atom is 0.523 e. The van der Waals surface area contributed by atoms with E-state index in [1.54, 1.807) is 0 Å². The first-order chi connectivity index (χ1) is 13.6. The minimum absolute atomic E-state index is 0.250.